The fourth-order valence-corrected chi connectivity index (χ4v) is 5.69. The van der Waals surface area contributed by atoms with Gasteiger partial charge in [-0.2, -0.15) is 9.40 Å². The summed E-state index contributed by atoms with van der Waals surface area (Å²) in [6, 6.07) is 15.3. The molecule has 2 N–H and O–H groups in total. The zero-order valence-electron chi connectivity index (χ0n) is 18.1. The first-order chi connectivity index (χ1) is 16.4. The normalized spacial score (nSPS) is 17.0. The van der Waals surface area contributed by atoms with E-state index in [4.69, 9.17) is 0 Å². The number of carbonyl (C=O) groups excluding carboxylic acids is 1. The molecule has 0 spiro atoms. The predicted octanol–water partition coefficient (Wildman–Crippen LogP) is 2.15. The first-order valence-corrected chi connectivity index (χ1v) is 12.3. The van der Waals surface area contributed by atoms with E-state index in [1.165, 1.54) is 21.5 Å². The number of rotatable bonds is 5. The molecule has 0 radical (unpaired) electrons. The van der Waals surface area contributed by atoms with Crippen molar-refractivity contribution < 1.29 is 13.2 Å². The standard InChI is InChI=1S/C23H22N6O4S/c30-22(16-7-6-12-28(14-16)34(32,33)17-8-2-1-3-9-17)27-19-10-4-5-11-20(19)29-21-18(13-26-29)23(31)25-15-24-21/h1-5,8-11,13,15-16H,6-7,12,14H2,(H,27,30)(H,24,25,31). The Morgan fingerprint density at radius 3 is 2.68 bits per heavy atom. The van der Waals surface area contributed by atoms with Crippen LogP contribution in [0.4, 0.5) is 5.69 Å². The molecule has 0 saturated carbocycles. The molecule has 0 bridgehead atoms. The highest BCUT2D eigenvalue weighted by Gasteiger charge is 2.33. The summed E-state index contributed by atoms with van der Waals surface area (Å²) in [6.45, 7) is 0.476. The van der Waals surface area contributed by atoms with E-state index in [-0.39, 0.29) is 22.9 Å². The number of amides is 1. The average molecular weight is 479 g/mol. The van der Waals surface area contributed by atoms with E-state index in [9.17, 15) is 18.0 Å². The number of nitrogens with one attached hydrogen (secondary N) is 2. The quantitative estimate of drug-likeness (QED) is 0.452. The summed E-state index contributed by atoms with van der Waals surface area (Å²) in [5.41, 5.74) is 1.10. The molecule has 3 heterocycles. The van der Waals surface area contributed by atoms with E-state index in [2.05, 4.69) is 20.4 Å². The van der Waals surface area contributed by atoms with Gasteiger partial charge in [0.15, 0.2) is 5.65 Å². The van der Waals surface area contributed by atoms with Crippen molar-refractivity contribution in [3.8, 4) is 5.69 Å². The molecule has 0 aliphatic carbocycles. The number of aromatic nitrogens is 4. The zero-order valence-corrected chi connectivity index (χ0v) is 18.9. The molecule has 174 valence electrons. The van der Waals surface area contributed by atoms with Crippen molar-refractivity contribution in [3.63, 3.8) is 0 Å². The second kappa shape index (κ2) is 8.84. The van der Waals surface area contributed by atoms with Gasteiger partial charge >= 0.3 is 0 Å². The Kier molecular flexibility index (Phi) is 5.72. The Morgan fingerprint density at radius 1 is 1.09 bits per heavy atom. The van der Waals surface area contributed by atoms with Gasteiger partial charge in [-0.3, -0.25) is 9.59 Å². The summed E-state index contributed by atoms with van der Waals surface area (Å²) >= 11 is 0. The van der Waals surface area contributed by atoms with E-state index in [1.807, 2.05) is 0 Å². The van der Waals surface area contributed by atoms with Crippen molar-refractivity contribution in [2.75, 3.05) is 18.4 Å². The first kappa shape index (κ1) is 22.0. The summed E-state index contributed by atoms with van der Waals surface area (Å²) in [7, 11) is -3.67. The number of sulfonamides is 1. The minimum absolute atomic E-state index is 0.104. The Labute approximate surface area is 195 Å². The minimum atomic E-state index is -3.67. The van der Waals surface area contributed by atoms with Crippen molar-refractivity contribution in [3.05, 3.63) is 77.5 Å². The number of para-hydroxylation sites is 2. The van der Waals surface area contributed by atoms with Crippen LogP contribution in [0.3, 0.4) is 0 Å². The summed E-state index contributed by atoms with van der Waals surface area (Å²) in [5, 5.41) is 7.54. The van der Waals surface area contributed by atoms with Crippen molar-refractivity contribution in [2.45, 2.75) is 17.7 Å². The van der Waals surface area contributed by atoms with Crippen molar-refractivity contribution >= 4 is 32.7 Å². The number of H-pyrrole nitrogens is 1. The molecule has 10 nitrogen and oxygen atoms in total. The van der Waals surface area contributed by atoms with Crippen LogP contribution in [0.2, 0.25) is 0 Å². The molecule has 1 aliphatic heterocycles. The van der Waals surface area contributed by atoms with E-state index < -0.39 is 15.9 Å². The summed E-state index contributed by atoms with van der Waals surface area (Å²) in [5.74, 6) is -0.779. The van der Waals surface area contributed by atoms with Gasteiger partial charge in [0, 0.05) is 13.1 Å². The number of fused-ring (bicyclic) bond motifs is 1. The lowest BCUT2D eigenvalue weighted by molar-refractivity contribution is -0.120. The lowest BCUT2D eigenvalue weighted by Crippen LogP contribution is -2.43. The topological polar surface area (TPSA) is 130 Å². The highest BCUT2D eigenvalue weighted by Crippen LogP contribution is 2.27. The molecule has 1 saturated heterocycles. The van der Waals surface area contributed by atoms with Gasteiger partial charge < -0.3 is 10.3 Å². The van der Waals surface area contributed by atoms with Gasteiger partial charge in [0.05, 0.1) is 34.7 Å². The summed E-state index contributed by atoms with van der Waals surface area (Å²) < 4.78 is 28.9. The van der Waals surface area contributed by atoms with E-state index in [0.29, 0.717) is 41.8 Å². The number of hydrogen-bond acceptors (Lipinski definition) is 6. The van der Waals surface area contributed by atoms with Crippen molar-refractivity contribution in [1.29, 1.82) is 0 Å². The highest BCUT2D eigenvalue weighted by molar-refractivity contribution is 7.89. The smallest absolute Gasteiger partial charge is 0.261 e. The van der Waals surface area contributed by atoms with Crippen LogP contribution in [0.15, 0.2) is 76.8 Å². The van der Waals surface area contributed by atoms with Gasteiger partial charge in [-0.05, 0) is 37.1 Å². The Balaban J connectivity index is 1.39. The molecule has 5 rings (SSSR count). The van der Waals surface area contributed by atoms with Gasteiger partial charge in [0.2, 0.25) is 15.9 Å². The lowest BCUT2D eigenvalue weighted by atomic mass is 9.98. The minimum Gasteiger partial charge on any atom is -0.324 e. The Hall–Kier alpha value is -3.83. The fraction of sp³-hybridized carbons (Fsp3) is 0.217. The van der Waals surface area contributed by atoms with Crippen molar-refractivity contribution in [2.24, 2.45) is 5.92 Å². The molecule has 1 amide bonds. The van der Waals surface area contributed by atoms with Gasteiger partial charge in [-0.25, -0.2) is 18.1 Å². The molecule has 1 fully saturated rings. The molecule has 11 heteroatoms. The predicted molar refractivity (Wildman–Crippen MR) is 126 cm³/mol. The van der Waals surface area contributed by atoms with Crippen LogP contribution >= 0.6 is 0 Å². The second-order valence-corrected chi connectivity index (χ2v) is 9.98. The first-order valence-electron chi connectivity index (χ1n) is 10.8. The maximum atomic E-state index is 13.2. The van der Waals surface area contributed by atoms with E-state index in [1.54, 1.807) is 54.6 Å². The fourth-order valence-electron chi connectivity index (χ4n) is 4.15. The Bertz CT molecular complexity index is 1510. The summed E-state index contributed by atoms with van der Waals surface area (Å²) in [6.07, 6.45) is 3.89. The number of aromatic amines is 1. The maximum Gasteiger partial charge on any atom is 0.261 e. The van der Waals surface area contributed by atoms with Gasteiger partial charge in [0.1, 0.15) is 5.39 Å². The van der Waals surface area contributed by atoms with Gasteiger partial charge in [0.25, 0.3) is 5.56 Å². The molecule has 1 atom stereocenters. The van der Waals surface area contributed by atoms with Crippen LogP contribution in [0.1, 0.15) is 12.8 Å². The highest BCUT2D eigenvalue weighted by atomic mass is 32.2. The Morgan fingerprint density at radius 2 is 1.85 bits per heavy atom. The molecule has 2 aromatic heterocycles. The van der Waals surface area contributed by atoms with Crippen LogP contribution in [-0.2, 0) is 14.8 Å². The van der Waals surface area contributed by atoms with Crippen LogP contribution < -0.4 is 10.9 Å². The van der Waals surface area contributed by atoms with E-state index in [0.717, 1.165) is 0 Å². The molecule has 1 aliphatic rings. The largest absolute Gasteiger partial charge is 0.324 e. The summed E-state index contributed by atoms with van der Waals surface area (Å²) in [4.78, 5) is 32.2. The second-order valence-electron chi connectivity index (χ2n) is 8.05. The van der Waals surface area contributed by atoms with E-state index >= 15 is 0 Å². The monoisotopic (exact) mass is 478 g/mol. The van der Waals surface area contributed by atoms with Crippen LogP contribution in [0.5, 0.6) is 0 Å². The number of nitrogens with zero attached hydrogens (tertiary/aromatic N) is 4. The van der Waals surface area contributed by atoms with Crippen LogP contribution in [-0.4, -0.2) is 51.5 Å². The van der Waals surface area contributed by atoms with Gasteiger partial charge in [-0.1, -0.05) is 30.3 Å². The number of piperidine rings is 1. The number of carbonyl (C=O) groups is 1. The molecule has 34 heavy (non-hydrogen) atoms. The molecular formula is C23H22N6O4S. The molecule has 1 unspecified atom stereocenters. The zero-order chi connectivity index (χ0) is 23.7. The van der Waals surface area contributed by atoms with Crippen LogP contribution in [0.25, 0.3) is 16.7 Å². The third-order valence-electron chi connectivity index (χ3n) is 5.90. The average Bonchev–Trinajstić information content (AvgIpc) is 3.30. The maximum absolute atomic E-state index is 13.2. The SMILES string of the molecule is O=C(Nc1ccccc1-n1ncc2c(=O)[nH]cnc21)C1CCCN(S(=O)(=O)c2ccccc2)C1. The van der Waals surface area contributed by atoms with Crippen LogP contribution in [0, 0.1) is 5.92 Å². The molecule has 2 aromatic carbocycles. The number of benzene rings is 2. The van der Waals surface area contributed by atoms with Gasteiger partial charge in [-0.15, -0.1) is 0 Å². The number of hydrogen-bond donors (Lipinski definition) is 2. The third kappa shape index (κ3) is 3.99. The van der Waals surface area contributed by atoms with Crippen molar-refractivity contribution in [1.82, 2.24) is 24.1 Å². The lowest BCUT2D eigenvalue weighted by Gasteiger charge is -2.31. The number of anilines is 1. The molecule has 4 aromatic rings. The third-order valence-corrected chi connectivity index (χ3v) is 7.78. The molecular weight excluding hydrogens is 456 g/mol.